The Morgan fingerprint density at radius 2 is 1.90 bits per heavy atom. The summed E-state index contributed by atoms with van der Waals surface area (Å²) in [5.41, 5.74) is 6.59. The Labute approximate surface area is 118 Å². The number of hydrogen-bond donors (Lipinski definition) is 3. The highest BCUT2D eigenvalue weighted by Gasteiger charge is 2.19. The molecule has 1 atom stereocenters. The van der Waals surface area contributed by atoms with Crippen molar-refractivity contribution in [2.75, 3.05) is 5.32 Å². The van der Waals surface area contributed by atoms with Crippen molar-refractivity contribution < 1.29 is 14.7 Å². The fraction of sp³-hybridized carbons (Fsp3) is 0.167. The van der Waals surface area contributed by atoms with Gasteiger partial charge in [-0.15, -0.1) is 0 Å². The molecule has 2 rings (SSSR count). The van der Waals surface area contributed by atoms with Crippen molar-refractivity contribution in [2.45, 2.75) is 12.5 Å². The van der Waals surface area contributed by atoms with E-state index in [2.05, 4.69) is 15.3 Å². The molecule has 0 fully saturated rings. The Kier molecular flexibility index (Phi) is 4.11. The largest absolute Gasteiger partial charge is 0.481 e. The molecule has 4 N–H and O–H groups in total. The minimum absolute atomic E-state index is 0.0135. The standard InChI is InChI=1S/C12H11ClN4O3/c13-10-11(17-12(20)6(14)5-9(18)19)16-8-4-2-1-3-7(8)15-10/h1-4,6H,5,14H2,(H,18,19)(H,16,17,20). The molecular formula is C12H11ClN4O3. The fourth-order valence-electron chi connectivity index (χ4n) is 1.55. The molecule has 7 nitrogen and oxygen atoms in total. The van der Waals surface area contributed by atoms with Gasteiger partial charge in [0.2, 0.25) is 5.91 Å². The number of rotatable bonds is 4. The maximum Gasteiger partial charge on any atom is 0.305 e. The van der Waals surface area contributed by atoms with E-state index < -0.39 is 24.3 Å². The van der Waals surface area contributed by atoms with Gasteiger partial charge in [-0.1, -0.05) is 23.7 Å². The van der Waals surface area contributed by atoms with Gasteiger partial charge in [-0.25, -0.2) is 9.97 Å². The lowest BCUT2D eigenvalue weighted by atomic mass is 10.2. The molecule has 0 bridgehead atoms. The first-order valence-corrected chi connectivity index (χ1v) is 6.05. The van der Waals surface area contributed by atoms with Crippen molar-refractivity contribution in [3.63, 3.8) is 0 Å². The highest BCUT2D eigenvalue weighted by molar-refractivity contribution is 6.32. The first-order valence-electron chi connectivity index (χ1n) is 5.68. The van der Waals surface area contributed by atoms with E-state index in [0.29, 0.717) is 11.0 Å². The molecule has 0 spiro atoms. The number of nitrogens with one attached hydrogen (secondary N) is 1. The van der Waals surface area contributed by atoms with Gasteiger partial charge in [0.15, 0.2) is 11.0 Å². The van der Waals surface area contributed by atoms with Crippen LogP contribution in [0.4, 0.5) is 5.82 Å². The van der Waals surface area contributed by atoms with E-state index in [9.17, 15) is 9.59 Å². The molecule has 0 aliphatic rings. The lowest BCUT2D eigenvalue weighted by molar-refractivity contribution is -0.138. The third-order valence-electron chi connectivity index (χ3n) is 2.50. The Bertz CT molecular complexity index is 677. The Morgan fingerprint density at radius 3 is 2.50 bits per heavy atom. The average Bonchev–Trinajstić information content (AvgIpc) is 2.38. The van der Waals surface area contributed by atoms with Crippen molar-refractivity contribution in [3.8, 4) is 0 Å². The van der Waals surface area contributed by atoms with E-state index in [4.69, 9.17) is 22.4 Å². The summed E-state index contributed by atoms with van der Waals surface area (Å²) in [6.07, 6.45) is -0.482. The number of para-hydroxylation sites is 2. The number of nitrogens with zero attached hydrogens (tertiary/aromatic N) is 2. The van der Waals surface area contributed by atoms with Gasteiger partial charge in [0.25, 0.3) is 0 Å². The van der Waals surface area contributed by atoms with E-state index in [1.165, 1.54) is 0 Å². The SMILES string of the molecule is NC(CC(=O)O)C(=O)Nc1nc2ccccc2nc1Cl. The van der Waals surface area contributed by atoms with Crippen LogP contribution in [0.15, 0.2) is 24.3 Å². The molecule has 1 unspecified atom stereocenters. The molecule has 1 amide bonds. The van der Waals surface area contributed by atoms with Crippen LogP contribution in [0.2, 0.25) is 5.15 Å². The number of fused-ring (bicyclic) bond motifs is 1. The van der Waals surface area contributed by atoms with Crippen LogP contribution < -0.4 is 11.1 Å². The molecule has 1 heterocycles. The lowest BCUT2D eigenvalue weighted by Crippen LogP contribution is -2.37. The van der Waals surface area contributed by atoms with Crippen LogP contribution in [0.25, 0.3) is 11.0 Å². The molecule has 0 aliphatic carbocycles. The first kappa shape index (κ1) is 14.2. The minimum Gasteiger partial charge on any atom is -0.481 e. The number of carbonyl (C=O) groups excluding carboxylic acids is 1. The molecule has 0 saturated heterocycles. The van der Waals surface area contributed by atoms with E-state index in [1.54, 1.807) is 24.3 Å². The Hall–Kier alpha value is -2.25. The highest BCUT2D eigenvalue weighted by Crippen LogP contribution is 2.21. The molecule has 1 aromatic carbocycles. The number of carboxylic acid groups (broad SMARTS) is 1. The molecule has 20 heavy (non-hydrogen) atoms. The summed E-state index contributed by atoms with van der Waals surface area (Å²) < 4.78 is 0. The molecule has 104 valence electrons. The van der Waals surface area contributed by atoms with Gasteiger partial charge in [0.05, 0.1) is 23.5 Å². The van der Waals surface area contributed by atoms with Crippen LogP contribution in [0.3, 0.4) is 0 Å². The van der Waals surface area contributed by atoms with Crippen LogP contribution >= 0.6 is 11.6 Å². The van der Waals surface area contributed by atoms with Crippen molar-refractivity contribution in [2.24, 2.45) is 5.73 Å². The molecular weight excluding hydrogens is 284 g/mol. The number of benzene rings is 1. The van der Waals surface area contributed by atoms with Crippen molar-refractivity contribution in [1.82, 2.24) is 9.97 Å². The summed E-state index contributed by atoms with van der Waals surface area (Å²) in [5, 5.41) is 11.0. The van der Waals surface area contributed by atoms with Crippen LogP contribution in [0, 0.1) is 0 Å². The van der Waals surface area contributed by atoms with Crippen LogP contribution in [0.1, 0.15) is 6.42 Å². The van der Waals surface area contributed by atoms with Gasteiger partial charge in [-0.05, 0) is 12.1 Å². The third kappa shape index (κ3) is 3.19. The average molecular weight is 295 g/mol. The van der Waals surface area contributed by atoms with Gasteiger partial charge in [0, 0.05) is 0 Å². The van der Waals surface area contributed by atoms with Gasteiger partial charge < -0.3 is 16.2 Å². The highest BCUT2D eigenvalue weighted by atomic mass is 35.5. The number of carboxylic acids is 1. The molecule has 2 aromatic rings. The summed E-state index contributed by atoms with van der Waals surface area (Å²) >= 11 is 5.91. The normalized spacial score (nSPS) is 12.1. The fourth-order valence-corrected chi connectivity index (χ4v) is 1.73. The van der Waals surface area contributed by atoms with Crippen LogP contribution in [-0.4, -0.2) is 33.0 Å². The number of nitrogens with two attached hydrogens (primary N) is 1. The maximum atomic E-state index is 11.7. The zero-order valence-electron chi connectivity index (χ0n) is 10.2. The molecule has 1 aromatic heterocycles. The number of aromatic nitrogens is 2. The van der Waals surface area contributed by atoms with E-state index >= 15 is 0 Å². The number of carbonyl (C=O) groups is 2. The molecule has 0 radical (unpaired) electrons. The van der Waals surface area contributed by atoms with Gasteiger partial charge in [-0.2, -0.15) is 0 Å². The second-order valence-electron chi connectivity index (χ2n) is 4.05. The number of hydrogen-bond acceptors (Lipinski definition) is 5. The van der Waals surface area contributed by atoms with Crippen molar-refractivity contribution in [3.05, 3.63) is 29.4 Å². The summed E-state index contributed by atoms with van der Waals surface area (Å²) in [7, 11) is 0. The van der Waals surface area contributed by atoms with Gasteiger partial charge in [-0.3, -0.25) is 9.59 Å². The zero-order valence-corrected chi connectivity index (χ0v) is 11.0. The van der Waals surface area contributed by atoms with Crippen molar-refractivity contribution >= 4 is 40.3 Å². The zero-order chi connectivity index (χ0) is 14.7. The summed E-state index contributed by atoms with van der Waals surface area (Å²) in [6.45, 7) is 0. The second kappa shape index (κ2) is 5.81. The smallest absolute Gasteiger partial charge is 0.305 e. The Morgan fingerprint density at radius 1 is 1.30 bits per heavy atom. The predicted octanol–water partition coefficient (Wildman–Crippen LogP) is 1.02. The second-order valence-corrected chi connectivity index (χ2v) is 4.40. The quantitative estimate of drug-likeness (QED) is 0.775. The van der Waals surface area contributed by atoms with Crippen molar-refractivity contribution in [1.29, 1.82) is 0 Å². The summed E-state index contributed by atoms with van der Waals surface area (Å²) in [6, 6.07) is 5.82. The molecule has 0 aliphatic heterocycles. The number of aliphatic carboxylic acids is 1. The van der Waals surface area contributed by atoms with E-state index in [1.807, 2.05) is 0 Å². The number of amides is 1. The van der Waals surface area contributed by atoms with Crippen LogP contribution in [0.5, 0.6) is 0 Å². The molecule has 8 heteroatoms. The predicted molar refractivity (Wildman–Crippen MR) is 73.4 cm³/mol. The van der Waals surface area contributed by atoms with E-state index in [0.717, 1.165) is 0 Å². The third-order valence-corrected chi connectivity index (χ3v) is 2.76. The monoisotopic (exact) mass is 294 g/mol. The van der Waals surface area contributed by atoms with Gasteiger partial charge in [0.1, 0.15) is 0 Å². The maximum absolute atomic E-state index is 11.7. The summed E-state index contributed by atoms with van der Waals surface area (Å²) in [4.78, 5) is 30.4. The first-order chi connectivity index (χ1) is 9.47. The minimum atomic E-state index is -1.18. The lowest BCUT2D eigenvalue weighted by Gasteiger charge is -2.10. The Balaban J connectivity index is 2.23. The number of halogens is 1. The van der Waals surface area contributed by atoms with Gasteiger partial charge >= 0.3 is 5.97 Å². The molecule has 0 saturated carbocycles. The van der Waals surface area contributed by atoms with Crippen LogP contribution in [-0.2, 0) is 9.59 Å². The van der Waals surface area contributed by atoms with E-state index in [-0.39, 0.29) is 11.0 Å². The topological polar surface area (TPSA) is 118 Å². The summed E-state index contributed by atoms with van der Waals surface area (Å²) in [5.74, 6) is -1.79. The number of anilines is 1.